The second kappa shape index (κ2) is 8.15. The van der Waals surface area contributed by atoms with Gasteiger partial charge in [-0.2, -0.15) is 0 Å². The van der Waals surface area contributed by atoms with Crippen molar-refractivity contribution in [3.8, 4) is 0 Å². The van der Waals surface area contributed by atoms with Crippen molar-refractivity contribution in [3.63, 3.8) is 0 Å². The van der Waals surface area contributed by atoms with Crippen molar-refractivity contribution >= 4 is 10.9 Å². The first-order valence-corrected chi connectivity index (χ1v) is 9.32. The molecule has 0 saturated carbocycles. The zero-order valence-corrected chi connectivity index (χ0v) is 15.1. The Bertz CT molecular complexity index is 671. The minimum atomic E-state index is 0.253. The second-order valence-electron chi connectivity index (χ2n) is 7.10. The maximum atomic E-state index is 9.18. The van der Waals surface area contributed by atoms with Crippen LogP contribution in [0.25, 0.3) is 10.9 Å². The molecule has 0 unspecified atom stereocenters. The van der Waals surface area contributed by atoms with Crippen molar-refractivity contribution in [2.75, 3.05) is 39.3 Å². The third kappa shape index (κ3) is 4.00. The number of aliphatic hydroxyl groups is 1. The molecule has 0 aliphatic carbocycles. The van der Waals surface area contributed by atoms with Gasteiger partial charge >= 0.3 is 0 Å². The molecule has 2 aromatic rings. The van der Waals surface area contributed by atoms with E-state index >= 15 is 0 Å². The highest BCUT2D eigenvalue weighted by molar-refractivity contribution is 5.87. The summed E-state index contributed by atoms with van der Waals surface area (Å²) < 4.78 is 2.35. The fraction of sp³-hybridized carbons (Fsp3) is 0.600. The molecule has 2 heterocycles. The van der Waals surface area contributed by atoms with E-state index in [1.807, 2.05) is 0 Å². The average molecular weight is 329 g/mol. The van der Waals surface area contributed by atoms with Crippen LogP contribution in [0.15, 0.2) is 18.3 Å². The van der Waals surface area contributed by atoms with Gasteiger partial charge in [-0.3, -0.25) is 0 Å². The van der Waals surface area contributed by atoms with E-state index in [2.05, 4.69) is 47.0 Å². The normalized spacial score (nSPS) is 16.1. The SMILES string of the molecule is Cc1cc(C)c2c(c1)c(CCCN1CCNCC1)cn2CCCO. The van der Waals surface area contributed by atoms with E-state index in [0.717, 1.165) is 32.5 Å². The van der Waals surface area contributed by atoms with Gasteiger partial charge in [-0.25, -0.2) is 0 Å². The van der Waals surface area contributed by atoms with E-state index in [0.29, 0.717) is 0 Å². The largest absolute Gasteiger partial charge is 0.396 e. The standard InChI is InChI=1S/C20H31N3O/c1-16-13-17(2)20-19(14-16)18(15-23(20)9-4-12-24)5-3-8-22-10-6-21-7-11-22/h13-15,21,24H,3-12H2,1-2H3. The maximum absolute atomic E-state index is 9.18. The zero-order chi connectivity index (χ0) is 16.9. The summed E-state index contributed by atoms with van der Waals surface area (Å²) in [5, 5.41) is 14.0. The van der Waals surface area contributed by atoms with Gasteiger partial charge < -0.3 is 19.9 Å². The van der Waals surface area contributed by atoms with Crippen LogP contribution in [-0.4, -0.2) is 53.9 Å². The lowest BCUT2D eigenvalue weighted by atomic mass is 10.0. The molecule has 1 aromatic carbocycles. The molecule has 1 aliphatic rings. The van der Waals surface area contributed by atoms with Gasteiger partial charge in [0.1, 0.15) is 0 Å². The third-order valence-corrected chi connectivity index (χ3v) is 5.08. The van der Waals surface area contributed by atoms with Gasteiger partial charge in [0, 0.05) is 50.9 Å². The van der Waals surface area contributed by atoms with Gasteiger partial charge in [-0.15, -0.1) is 0 Å². The number of fused-ring (bicyclic) bond motifs is 1. The predicted octanol–water partition coefficient (Wildman–Crippen LogP) is 2.48. The number of aromatic nitrogens is 1. The van der Waals surface area contributed by atoms with Crippen LogP contribution in [-0.2, 0) is 13.0 Å². The number of nitrogens with zero attached hydrogens (tertiary/aromatic N) is 2. The molecule has 1 saturated heterocycles. The minimum absolute atomic E-state index is 0.253. The van der Waals surface area contributed by atoms with Crippen molar-refractivity contribution in [2.45, 2.75) is 39.7 Å². The molecule has 0 amide bonds. The second-order valence-corrected chi connectivity index (χ2v) is 7.10. The van der Waals surface area contributed by atoms with E-state index in [9.17, 15) is 5.11 Å². The molecule has 0 radical (unpaired) electrons. The molecule has 3 rings (SSSR count). The monoisotopic (exact) mass is 329 g/mol. The van der Waals surface area contributed by atoms with Crippen LogP contribution in [0.2, 0.25) is 0 Å². The Hall–Kier alpha value is -1.36. The van der Waals surface area contributed by atoms with Crippen molar-refractivity contribution in [1.29, 1.82) is 0 Å². The lowest BCUT2D eigenvalue weighted by Gasteiger charge is -2.26. The van der Waals surface area contributed by atoms with E-state index in [1.54, 1.807) is 0 Å². The summed E-state index contributed by atoms with van der Waals surface area (Å²) in [5.74, 6) is 0. The predicted molar refractivity (Wildman–Crippen MR) is 101 cm³/mol. The first-order chi connectivity index (χ1) is 11.7. The zero-order valence-electron chi connectivity index (χ0n) is 15.1. The Morgan fingerprint density at radius 3 is 2.62 bits per heavy atom. The number of hydrogen-bond donors (Lipinski definition) is 2. The third-order valence-electron chi connectivity index (χ3n) is 5.08. The lowest BCUT2D eigenvalue weighted by molar-refractivity contribution is 0.238. The Balaban J connectivity index is 1.76. The lowest BCUT2D eigenvalue weighted by Crippen LogP contribution is -2.43. The molecule has 2 N–H and O–H groups in total. The van der Waals surface area contributed by atoms with Crippen molar-refractivity contribution in [1.82, 2.24) is 14.8 Å². The topological polar surface area (TPSA) is 40.4 Å². The van der Waals surface area contributed by atoms with Crippen LogP contribution in [0.5, 0.6) is 0 Å². The highest BCUT2D eigenvalue weighted by atomic mass is 16.3. The summed E-state index contributed by atoms with van der Waals surface area (Å²) in [7, 11) is 0. The van der Waals surface area contributed by atoms with E-state index in [-0.39, 0.29) is 6.61 Å². The van der Waals surface area contributed by atoms with Gasteiger partial charge in [-0.05, 0) is 56.8 Å². The fourth-order valence-electron chi connectivity index (χ4n) is 3.95. The molecule has 132 valence electrons. The highest BCUT2D eigenvalue weighted by Crippen LogP contribution is 2.27. The molecule has 1 aliphatic heterocycles. The van der Waals surface area contributed by atoms with E-state index in [4.69, 9.17) is 0 Å². The summed E-state index contributed by atoms with van der Waals surface area (Å²) in [6.45, 7) is 11.3. The summed E-state index contributed by atoms with van der Waals surface area (Å²) in [4.78, 5) is 2.57. The summed E-state index contributed by atoms with van der Waals surface area (Å²) in [6, 6.07) is 4.60. The van der Waals surface area contributed by atoms with Crippen LogP contribution < -0.4 is 5.32 Å². The van der Waals surface area contributed by atoms with Crippen molar-refractivity contribution < 1.29 is 5.11 Å². The molecule has 1 fully saturated rings. The van der Waals surface area contributed by atoms with Gasteiger partial charge in [0.05, 0.1) is 5.52 Å². The number of benzene rings is 1. The number of hydrogen-bond acceptors (Lipinski definition) is 3. The summed E-state index contributed by atoms with van der Waals surface area (Å²) >= 11 is 0. The Labute approximate surface area is 145 Å². The molecule has 24 heavy (non-hydrogen) atoms. The van der Waals surface area contributed by atoms with Crippen molar-refractivity contribution in [3.05, 3.63) is 35.0 Å². The van der Waals surface area contributed by atoms with Crippen molar-refractivity contribution in [2.24, 2.45) is 0 Å². The quantitative estimate of drug-likeness (QED) is 0.820. The number of aryl methyl sites for hydroxylation is 4. The first-order valence-electron chi connectivity index (χ1n) is 9.32. The number of rotatable bonds is 7. The maximum Gasteiger partial charge on any atom is 0.0513 e. The van der Waals surface area contributed by atoms with Gasteiger partial charge in [0.2, 0.25) is 0 Å². The Kier molecular flexibility index (Phi) is 5.93. The Morgan fingerprint density at radius 1 is 1.08 bits per heavy atom. The number of piperazine rings is 1. The fourth-order valence-corrected chi connectivity index (χ4v) is 3.95. The molecular weight excluding hydrogens is 298 g/mol. The number of nitrogens with one attached hydrogen (secondary N) is 1. The van der Waals surface area contributed by atoms with E-state index in [1.165, 1.54) is 53.6 Å². The molecule has 4 heteroatoms. The highest BCUT2D eigenvalue weighted by Gasteiger charge is 2.13. The summed E-state index contributed by atoms with van der Waals surface area (Å²) in [5.41, 5.74) is 5.50. The smallest absolute Gasteiger partial charge is 0.0513 e. The number of aliphatic hydroxyl groups excluding tert-OH is 1. The first kappa shape index (κ1) is 17.5. The molecule has 0 bridgehead atoms. The van der Waals surface area contributed by atoms with E-state index < -0.39 is 0 Å². The van der Waals surface area contributed by atoms with Crippen LogP contribution in [0.1, 0.15) is 29.5 Å². The van der Waals surface area contributed by atoms with Gasteiger partial charge in [0.25, 0.3) is 0 Å². The van der Waals surface area contributed by atoms with Gasteiger partial charge in [-0.1, -0.05) is 11.6 Å². The molecule has 1 aromatic heterocycles. The van der Waals surface area contributed by atoms with Crippen LogP contribution in [0.3, 0.4) is 0 Å². The molecule has 4 nitrogen and oxygen atoms in total. The molecule has 0 spiro atoms. The van der Waals surface area contributed by atoms with Gasteiger partial charge in [0.15, 0.2) is 0 Å². The molecule has 0 atom stereocenters. The average Bonchev–Trinajstić information content (AvgIpc) is 2.92. The van der Waals surface area contributed by atoms with Crippen LogP contribution >= 0.6 is 0 Å². The summed E-state index contributed by atoms with van der Waals surface area (Å²) in [6.07, 6.45) is 5.49. The van der Waals surface area contributed by atoms with Crippen LogP contribution in [0.4, 0.5) is 0 Å². The minimum Gasteiger partial charge on any atom is -0.396 e. The van der Waals surface area contributed by atoms with Crippen LogP contribution in [0, 0.1) is 13.8 Å². The molecular formula is C20H31N3O. The Morgan fingerprint density at radius 2 is 1.88 bits per heavy atom.